The number of rotatable bonds is 4. The molecule has 104 valence electrons. The van der Waals surface area contributed by atoms with E-state index in [-0.39, 0.29) is 5.82 Å². The summed E-state index contributed by atoms with van der Waals surface area (Å²) >= 11 is 0. The van der Waals surface area contributed by atoms with E-state index in [0.29, 0.717) is 12.2 Å². The third-order valence-electron chi connectivity index (χ3n) is 3.48. The lowest BCUT2D eigenvalue weighted by Gasteiger charge is -2.19. The molecular formula is C15H17FN4. The van der Waals surface area contributed by atoms with Crippen LogP contribution in [-0.4, -0.2) is 23.1 Å². The zero-order valence-corrected chi connectivity index (χ0v) is 11.2. The van der Waals surface area contributed by atoms with Gasteiger partial charge in [-0.25, -0.2) is 4.39 Å². The molecule has 0 spiro atoms. The lowest BCUT2D eigenvalue weighted by molar-refractivity contribution is 0.623. The van der Waals surface area contributed by atoms with Crippen molar-refractivity contribution in [3.63, 3.8) is 0 Å². The number of anilines is 2. The highest BCUT2D eigenvalue weighted by atomic mass is 19.1. The van der Waals surface area contributed by atoms with Crippen molar-refractivity contribution in [3.05, 3.63) is 48.3 Å². The van der Waals surface area contributed by atoms with Gasteiger partial charge in [0.15, 0.2) is 0 Å². The Morgan fingerprint density at radius 2 is 2.05 bits per heavy atom. The van der Waals surface area contributed by atoms with Gasteiger partial charge in [-0.1, -0.05) is 0 Å². The van der Waals surface area contributed by atoms with Gasteiger partial charge >= 0.3 is 0 Å². The molecule has 5 heteroatoms. The number of hydrogen-bond acceptors (Lipinski definition) is 4. The normalized spacial score (nSPS) is 14.6. The Morgan fingerprint density at radius 3 is 2.75 bits per heavy atom. The average Bonchev–Trinajstić information content (AvgIpc) is 3.00. The molecule has 1 aliphatic rings. The van der Waals surface area contributed by atoms with E-state index >= 15 is 0 Å². The zero-order valence-electron chi connectivity index (χ0n) is 11.2. The molecule has 1 aromatic heterocycles. The summed E-state index contributed by atoms with van der Waals surface area (Å²) in [6.07, 6.45) is 7.27. The number of hydrogen-bond donors (Lipinski definition) is 1. The summed E-state index contributed by atoms with van der Waals surface area (Å²) in [7, 11) is 0. The minimum Gasteiger partial charge on any atom is -0.379 e. The van der Waals surface area contributed by atoms with Crippen LogP contribution < -0.4 is 10.2 Å². The van der Waals surface area contributed by atoms with Crippen molar-refractivity contribution in [2.75, 3.05) is 23.3 Å². The molecule has 1 N–H and O–H groups in total. The first-order chi connectivity index (χ1) is 9.83. The van der Waals surface area contributed by atoms with Crippen LogP contribution in [0.25, 0.3) is 0 Å². The van der Waals surface area contributed by atoms with Crippen molar-refractivity contribution in [2.24, 2.45) is 0 Å². The van der Waals surface area contributed by atoms with Crippen molar-refractivity contribution in [2.45, 2.75) is 19.4 Å². The highest BCUT2D eigenvalue weighted by molar-refractivity contribution is 5.56. The molecule has 1 saturated heterocycles. The number of aromatic nitrogens is 2. The number of nitrogens with zero attached hydrogens (tertiary/aromatic N) is 3. The monoisotopic (exact) mass is 272 g/mol. The summed E-state index contributed by atoms with van der Waals surface area (Å²) < 4.78 is 14.1. The highest BCUT2D eigenvalue weighted by Gasteiger charge is 2.16. The van der Waals surface area contributed by atoms with Gasteiger partial charge in [0, 0.05) is 31.2 Å². The molecule has 4 nitrogen and oxygen atoms in total. The van der Waals surface area contributed by atoms with Crippen LogP contribution in [0.3, 0.4) is 0 Å². The molecule has 1 aliphatic heterocycles. The highest BCUT2D eigenvalue weighted by Crippen LogP contribution is 2.26. The smallest absolute Gasteiger partial charge is 0.148 e. The molecule has 1 aromatic carbocycles. The molecule has 0 saturated carbocycles. The van der Waals surface area contributed by atoms with Gasteiger partial charge in [-0.2, -0.15) is 0 Å². The number of nitrogens with one attached hydrogen (secondary N) is 1. The van der Waals surface area contributed by atoms with Gasteiger partial charge in [0.2, 0.25) is 0 Å². The summed E-state index contributed by atoms with van der Waals surface area (Å²) in [4.78, 5) is 10.3. The maximum Gasteiger partial charge on any atom is 0.148 e. The van der Waals surface area contributed by atoms with E-state index in [1.54, 1.807) is 24.7 Å². The van der Waals surface area contributed by atoms with E-state index in [1.807, 2.05) is 12.1 Å². The quantitative estimate of drug-likeness (QED) is 0.929. The maximum atomic E-state index is 14.1. The Hall–Kier alpha value is -2.17. The summed E-state index contributed by atoms with van der Waals surface area (Å²) in [5, 5.41) is 3.16. The molecule has 2 aromatic rings. The van der Waals surface area contributed by atoms with Crippen molar-refractivity contribution >= 4 is 11.4 Å². The molecule has 3 rings (SSSR count). The molecule has 2 heterocycles. The van der Waals surface area contributed by atoms with E-state index in [9.17, 15) is 4.39 Å². The lowest BCUT2D eigenvalue weighted by atomic mass is 10.2. The van der Waals surface area contributed by atoms with E-state index in [2.05, 4.69) is 20.2 Å². The third kappa shape index (κ3) is 2.87. The summed E-state index contributed by atoms with van der Waals surface area (Å²) in [5.74, 6) is -0.170. The van der Waals surface area contributed by atoms with Crippen LogP contribution in [-0.2, 0) is 6.54 Å². The summed E-state index contributed by atoms with van der Waals surface area (Å²) in [5.41, 5.74) is 2.29. The third-order valence-corrected chi connectivity index (χ3v) is 3.48. The fourth-order valence-corrected chi connectivity index (χ4v) is 2.45. The predicted molar refractivity (Wildman–Crippen MR) is 77.2 cm³/mol. The van der Waals surface area contributed by atoms with Crippen LogP contribution in [0, 0.1) is 5.82 Å². The van der Waals surface area contributed by atoms with Crippen molar-refractivity contribution in [1.29, 1.82) is 0 Å². The Balaban J connectivity index is 1.67. The van der Waals surface area contributed by atoms with Crippen molar-refractivity contribution < 1.29 is 4.39 Å². The first-order valence-corrected chi connectivity index (χ1v) is 6.86. The fourth-order valence-electron chi connectivity index (χ4n) is 2.45. The first kappa shape index (κ1) is 12.8. The van der Waals surface area contributed by atoms with E-state index in [4.69, 9.17) is 0 Å². The minimum absolute atomic E-state index is 0.170. The Kier molecular flexibility index (Phi) is 3.76. The molecule has 1 fully saturated rings. The largest absolute Gasteiger partial charge is 0.379 e. The van der Waals surface area contributed by atoms with Crippen LogP contribution in [0.5, 0.6) is 0 Å². The standard InChI is InChI=1S/C15H17FN4/c16-14-9-12(19-11-13-10-17-5-6-18-13)3-4-15(14)20-7-1-2-8-20/h3-6,9-10,19H,1-2,7-8,11H2. The molecule has 0 unspecified atom stereocenters. The molecule has 20 heavy (non-hydrogen) atoms. The van der Waals surface area contributed by atoms with Crippen molar-refractivity contribution in [3.8, 4) is 0 Å². The van der Waals surface area contributed by atoms with Gasteiger partial charge in [0.1, 0.15) is 5.82 Å². The van der Waals surface area contributed by atoms with Gasteiger partial charge in [-0.3, -0.25) is 9.97 Å². The molecule has 0 radical (unpaired) electrons. The molecule has 0 bridgehead atoms. The van der Waals surface area contributed by atoms with Crippen LogP contribution in [0.4, 0.5) is 15.8 Å². The Bertz CT molecular complexity index is 567. The maximum absolute atomic E-state index is 14.1. The lowest BCUT2D eigenvalue weighted by Crippen LogP contribution is -2.19. The summed E-state index contributed by atoms with van der Waals surface area (Å²) in [6.45, 7) is 2.43. The van der Waals surface area contributed by atoms with Crippen LogP contribution in [0.2, 0.25) is 0 Å². The predicted octanol–water partition coefficient (Wildman–Crippen LogP) is 2.83. The topological polar surface area (TPSA) is 41.1 Å². The fraction of sp³-hybridized carbons (Fsp3) is 0.333. The van der Waals surface area contributed by atoms with Crippen LogP contribution in [0.1, 0.15) is 18.5 Å². The zero-order chi connectivity index (χ0) is 13.8. The SMILES string of the molecule is Fc1cc(NCc2cnccn2)ccc1N1CCCC1. The van der Waals surface area contributed by atoms with E-state index in [1.165, 1.54) is 0 Å². The number of halogens is 1. The van der Waals surface area contributed by atoms with E-state index in [0.717, 1.165) is 37.3 Å². The second kappa shape index (κ2) is 5.86. The molecular weight excluding hydrogens is 255 g/mol. The van der Waals surface area contributed by atoms with Crippen molar-refractivity contribution in [1.82, 2.24) is 9.97 Å². The second-order valence-corrected chi connectivity index (χ2v) is 4.91. The minimum atomic E-state index is -0.170. The number of benzene rings is 1. The van der Waals surface area contributed by atoms with Gasteiger partial charge in [-0.15, -0.1) is 0 Å². The van der Waals surface area contributed by atoms with Crippen LogP contribution in [0.15, 0.2) is 36.8 Å². The average molecular weight is 272 g/mol. The Morgan fingerprint density at radius 1 is 1.20 bits per heavy atom. The van der Waals surface area contributed by atoms with Gasteiger partial charge in [-0.05, 0) is 31.0 Å². The van der Waals surface area contributed by atoms with Gasteiger partial charge < -0.3 is 10.2 Å². The van der Waals surface area contributed by atoms with Gasteiger partial charge in [0.05, 0.1) is 24.1 Å². The van der Waals surface area contributed by atoms with Gasteiger partial charge in [0.25, 0.3) is 0 Å². The molecule has 0 aliphatic carbocycles. The Labute approximate surface area is 117 Å². The van der Waals surface area contributed by atoms with Crippen LogP contribution >= 0.6 is 0 Å². The first-order valence-electron chi connectivity index (χ1n) is 6.86. The molecule has 0 atom stereocenters. The summed E-state index contributed by atoms with van der Waals surface area (Å²) in [6, 6.07) is 5.30. The molecule has 0 amide bonds. The second-order valence-electron chi connectivity index (χ2n) is 4.91. The van der Waals surface area contributed by atoms with E-state index < -0.39 is 0 Å².